The maximum Gasteiger partial charge on any atom is 0.127 e. The highest BCUT2D eigenvalue weighted by molar-refractivity contribution is 7.99. The zero-order chi connectivity index (χ0) is 14.1. The van der Waals surface area contributed by atoms with Crippen LogP contribution in [0.25, 0.3) is 0 Å². The van der Waals surface area contributed by atoms with Crippen LogP contribution in [-0.2, 0) is 0 Å². The molecule has 1 atom stereocenters. The van der Waals surface area contributed by atoms with E-state index in [1.165, 1.54) is 5.56 Å². The molecule has 0 saturated carbocycles. The lowest BCUT2D eigenvalue weighted by molar-refractivity contribution is 0.386. The Morgan fingerprint density at radius 2 is 2.00 bits per heavy atom. The van der Waals surface area contributed by atoms with Gasteiger partial charge in [0.2, 0.25) is 0 Å². The first-order valence-electron chi connectivity index (χ1n) is 6.79. The van der Waals surface area contributed by atoms with Gasteiger partial charge in [0, 0.05) is 23.4 Å². The van der Waals surface area contributed by atoms with Crippen molar-refractivity contribution in [2.45, 2.75) is 26.3 Å². The average molecular weight is 283 g/mol. The molecule has 1 aromatic rings. The number of hydrogen-bond acceptors (Lipinski definition) is 4. The van der Waals surface area contributed by atoms with Crippen molar-refractivity contribution in [1.82, 2.24) is 5.32 Å². The van der Waals surface area contributed by atoms with Crippen molar-refractivity contribution in [3.05, 3.63) is 23.8 Å². The van der Waals surface area contributed by atoms with Crippen LogP contribution < -0.4 is 14.8 Å². The van der Waals surface area contributed by atoms with E-state index < -0.39 is 0 Å². The fourth-order valence-corrected chi connectivity index (χ4v) is 2.69. The largest absolute Gasteiger partial charge is 0.497 e. The molecule has 0 radical (unpaired) electrons. The van der Waals surface area contributed by atoms with Gasteiger partial charge in [-0.2, -0.15) is 11.8 Å². The highest BCUT2D eigenvalue weighted by atomic mass is 32.2. The topological polar surface area (TPSA) is 30.5 Å². The Morgan fingerprint density at radius 1 is 1.21 bits per heavy atom. The summed E-state index contributed by atoms with van der Waals surface area (Å²) in [5.41, 5.74) is 1.21. The summed E-state index contributed by atoms with van der Waals surface area (Å²) in [7, 11) is 3.39. The van der Waals surface area contributed by atoms with E-state index in [-0.39, 0.29) is 0 Å². The van der Waals surface area contributed by atoms with Crippen LogP contribution in [0, 0.1) is 0 Å². The Kier molecular flexibility index (Phi) is 7.75. The third kappa shape index (κ3) is 4.96. The van der Waals surface area contributed by atoms with Crippen molar-refractivity contribution in [2.75, 3.05) is 32.3 Å². The zero-order valence-corrected chi connectivity index (χ0v) is 13.2. The monoisotopic (exact) mass is 283 g/mol. The Labute approximate surface area is 121 Å². The van der Waals surface area contributed by atoms with Gasteiger partial charge in [0.15, 0.2) is 0 Å². The second-order valence-electron chi connectivity index (χ2n) is 4.27. The van der Waals surface area contributed by atoms with Gasteiger partial charge in [0.05, 0.1) is 14.2 Å². The van der Waals surface area contributed by atoms with Gasteiger partial charge in [0.25, 0.3) is 0 Å². The second kappa shape index (κ2) is 9.10. The van der Waals surface area contributed by atoms with E-state index in [9.17, 15) is 0 Å². The van der Waals surface area contributed by atoms with Crippen LogP contribution in [0.2, 0.25) is 0 Å². The molecule has 1 rings (SSSR count). The van der Waals surface area contributed by atoms with E-state index in [1.807, 2.05) is 23.9 Å². The van der Waals surface area contributed by atoms with Crippen LogP contribution in [0.1, 0.15) is 31.9 Å². The molecule has 108 valence electrons. The maximum atomic E-state index is 5.50. The molecular weight excluding hydrogens is 258 g/mol. The molecule has 0 heterocycles. The number of methoxy groups -OCH3 is 2. The molecule has 0 amide bonds. The summed E-state index contributed by atoms with van der Waals surface area (Å²) in [6.45, 7) is 5.39. The first kappa shape index (κ1) is 16.2. The summed E-state index contributed by atoms with van der Waals surface area (Å²) < 4.78 is 10.7. The van der Waals surface area contributed by atoms with Crippen molar-refractivity contribution in [2.24, 2.45) is 0 Å². The van der Waals surface area contributed by atoms with Crippen LogP contribution in [0.15, 0.2) is 18.2 Å². The van der Waals surface area contributed by atoms with Gasteiger partial charge >= 0.3 is 0 Å². The molecule has 0 spiro atoms. The number of ether oxygens (including phenoxy) is 2. The quantitative estimate of drug-likeness (QED) is 0.751. The summed E-state index contributed by atoms with van der Waals surface area (Å²) in [4.78, 5) is 0. The minimum absolute atomic E-state index is 0.325. The highest BCUT2D eigenvalue weighted by Crippen LogP contribution is 2.31. The normalized spacial score (nSPS) is 12.2. The number of thioether (sulfide) groups is 1. The van der Waals surface area contributed by atoms with Crippen LogP contribution in [-0.4, -0.2) is 32.3 Å². The fraction of sp³-hybridized carbons (Fsp3) is 0.600. The van der Waals surface area contributed by atoms with Crippen LogP contribution in [0.4, 0.5) is 0 Å². The standard InChI is InChI=1S/C15H25NO2S/c1-5-9-16-14(11-19-6-2)13-8-7-12(17-3)10-15(13)18-4/h7-8,10,14,16H,5-6,9,11H2,1-4H3. The van der Waals surface area contributed by atoms with E-state index in [0.717, 1.165) is 36.0 Å². The summed E-state index contributed by atoms with van der Waals surface area (Å²) in [5.74, 6) is 3.91. The number of rotatable bonds is 9. The molecular formula is C15H25NO2S. The lowest BCUT2D eigenvalue weighted by Gasteiger charge is -2.21. The van der Waals surface area contributed by atoms with E-state index in [0.29, 0.717) is 6.04 Å². The van der Waals surface area contributed by atoms with Gasteiger partial charge in [-0.1, -0.05) is 19.9 Å². The molecule has 0 aliphatic heterocycles. The van der Waals surface area contributed by atoms with Crippen molar-refractivity contribution >= 4 is 11.8 Å². The first-order chi connectivity index (χ1) is 9.26. The lowest BCUT2D eigenvalue weighted by Crippen LogP contribution is -2.24. The molecule has 0 aliphatic carbocycles. The third-order valence-electron chi connectivity index (χ3n) is 2.95. The first-order valence-corrected chi connectivity index (χ1v) is 7.95. The van der Waals surface area contributed by atoms with E-state index in [4.69, 9.17) is 9.47 Å². The number of benzene rings is 1. The Balaban J connectivity index is 2.91. The van der Waals surface area contributed by atoms with Crippen LogP contribution >= 0.6 is 11.8 Å². The van der Waals surface area contributed by atoms with Gasteiger partial charge < -0.3 is 14.8 Å². The molecule has 4 heteroatoms. The molecule has 19 heavy (non-hydrogen) atoms. The zero-order valence-electron chi connectivity index (χ0n) is 12.4. The molecule has 0 bridgehead atoms. The Hall–Kier alpha value is -0.870. The van der Waals surface area contributed by atoms with Crippen molar-refractivity contribution < 1.29 is 9.47 Å². The van der Waals surface area contributed by atoms with Crippen LogP contribution in [0.5, 0.6) is 11.5 Å². The SMILES string of the molecule is CCCNC(CSCC)c1ccc(OC)cc1OC. The summed E-state index contributed by atoms with van der Waals surface area (Å²) >= 11 is 1.94. The number of hydrogen-bond donors (Lipinski definition) is 1. The summed E-state index contributed by atoms with van der Waals surface area (Å²) in [6, 6.07) is 6.37. The minimum Gasteiger partial charge on any atom is -0.497 e. The van der Waals surface area contributed by atoms with E-state index >= 15 is 0 Å². The predicted molar refractivity (Wildman–Crippen MR) is 83.6 cm³/mol. The fourth-order valence-electron chi connectivity index (χ4n) is 1.92. The molecule has 1 N–H and O–H groups in total. The molecule has 1 unspecified atom stereocenters. The van der Waals surface area contributed by atoms with Gasteiger partial charge in [0.1, 0.15) is 11.5 Å². The van der Waals surface area contributed by atoms with Crippen molar-refractivity contribution in [1.29, 1.82) is 0 Å². The van der Waals surface area contributed by atoms with E-state index in [2.05, 4.69) is 25.2 Å². The van der Waals surface area contributed by atoms with Gasteiger partial charge in [-0.05, 0) is 24.8 Å². The van der Waals surface area contributed by atoms with E-state index in [1.54, 1.807) is 14.2 Å². The van der Waals surface area contributed by atoms with Gasteiger partial charge in [-0.25, -0.2) is 0 Å². The maximum absolute atomic E-state index is 5.50. The minimum atomic E-state index is 0.325. The summed E-state index contributed by atoms with van der Waals surface area (Å²) in [6.07, 6.45) is 1.13. The average Bonchev–Trinajstić information content (AvgIpc) is 2.47. The lowest BCUT2D eigenvalue weighted by atomic mass is 10.1. The predicted octanol–water partition coefficient (Wildman–Crippen LogP) is 3.50. The van der Waals surface area contributed by atoms with Crippen LogP contribution in [0.3, 0.4) is 0 Å². The van der Waals surface area contributed by atoms with Gasteiger partial charge in [-0.15, -0.1) is 0 Å². The van der Waals surface area contributed by atoms with Gasteiger partial charge in [-0.3, -0.25) is 0 Å². The van der Waals surface area contributed by atoms with Crippen molar-refractivity contribution in [3.8, 4) is 11.5 Å². The smallest absolute Gasteiger partial charge is 0.127 e. The molecule has 0 aromatic heterocycles. The molecule has 0 fully saturated rings. The molecule has 3 nitrogen and oxygen atoms in total. The molecule has 1 aromatic carbocycles. The molecule has 0 saturated heterocycles. The Morgan fingerprint density at radius 3 is 2.58 bits per heavy atom. The third-order valence-corrected chi connectivity index (χ3v) is 3.92. The highest BCUT2D eigenvalue weighted by Gasteiger charge is 2.16. The Bertz CT molecular complexity index is 363. The van der Waals surface area contributed by atoms with Crippen molar-refractivity contribution in [3.63, 3.8) is 0 Å². The molecule has 0 aliphatic rings. The summed E-state index contributed by atoms with van der Waals surface area (Å²) in [5, 5.41) is 3.59. The number of nitrogens with one attached hydrogen (secondary N) is 1. The second-order valence-corrected chi connectivity index (χ2v) is 5.59.